The Labute approximate surface area is 212 Å². The lowest BCUT2D eigenvalue weighted by Crippen LogP contribution is -2.44. The molecular formula is C28H27FN2O4S. The van der Waals surface area contributed by atoms with Crippen LogP contribution >= 0.6 is 11.8 Å². The van der Waals surface area contributed by atoms with E-state index in [0.29, 0.717) is 28.7 Å². The molecule has 0 spiro atoms. The number of hydrogen-bond acceptors (Lipinski definition) is 5. The fraction of sp³-hybridized carbons (Fsp3) is 0.357. The van der Waals surface area contributed by atoms with Gasteiger partial charge in [-0.3, -0.25) is 4.79 Å². The lowest BCUT2D eigenvalue weighted by Gasteiger charge is -2.43. The molecule has 2 aliphatic heterocycles. The number of thioether (sulfide) groups is 1. The second kappa shape index (κ2) is 9.00. The number of anilines is 1. The smallest absolute Gasteiger partial charge is 0.342 e. The number of nitrogens with zero attached hydrogens (tertiary/aromatic N) is 2. The first-order valence-corrected chi connectivity index (χ1v) is 13.3. The van der Waals surface area contributed by atoms with Crippen molar-refractivity contribution >= 4 is 34.3 Å². The van der Waals surface area contributed by atoms with E-state index in [1.165, 1.54) is 35.4 Å². The Morgan fingerprint density at radius 3 is 2.64 bits per heavy atom. The van der Waals surface area contributed by atoms with Crippen LogP contribution in [0.1, 0.15) is 48.0 Å². The van der Waals surface area contributed by atoms with Crippen LogP contribution in [0.15, 0.2) is 57.4 Å². The van der Waals surface area contributed by atoms with Gasteiger partial charge in [-0.15, -0.1) is 0 Å². The molecule has 3 aromatic rings. The van der Waals surface area contributed by atoms with Gasteiger partial charge in [-0.1, -0.05) is 29.5 Å². The minimum absolute atomic E-state index is 0.0321. The molecule has 1 unspecified atom stereocenters. The Morgan fingerprint density at radius 1 is 1.17 bits per heavy atom. The van der Waals surface area contributed by atoms with Gasteiger partial charge in [-0.25, -0.2) is 9.18 Å². The molecule has 0 fully saturated rings. The zero-order chi connectivity index (χ0) is 25.0. The molecule has 36 heavy (non-hydrogen) atoms. The summed E-state index contributed by atoms with van der Waals surface area (Å²) in [6.45, 7) is 0.709. The van der Waals surface area contributed by atoms with E-state index in [0.717, 1.165) is 43.4 Å². The van der Waals surface area contributed by atoms with E-state index in [1.807, 2.05) is 16.7 Å². The Kier molecular flexibility index (Phi) is 5.79. The summed E-state index contributed by atoms with van der Waals surface area (Å²) in [5, 5.41) is 10.1. The molecule has 8 heteroatoms. The Bertz CT molecular complexity index is 1480. The van der Waals surface area contributed by atoms with E-state index in [1.54, 1.807) is 13.2 Å². The van der Waals surface area contributed by atoms with Crippen LogP contribution in [0.4, 0.5) is 10.1 Å². The third-order valence-electron chi connectivity index (χ3n) is 7.79. The highest BCUT2D eigenvalue weighted by atomic mass is 32.2. The summed E-state index contributed by atoms with van der Waals surface area (Å²) < 4.78 is 22.9. The predicted octanol–water partition coefficient (Wildman–Crippen LogP) is 5.60. The Hall–Kier alpha value is -3.26. The number of carboxylic acid groups (broad SMARTS) is 1. The number of hydrogen-bond donors (Lipinski definition) is 1. The summed E-state index contributed by atoms with van der Waals surface area (Å²) in [5.41, 5.74) is 4.29. The molecule has 3 aliphatic rings. The van der Waals surface area contributed by atoms with Crippen molar-refractivity contribution in [3.8, 4) is 5.75 Å². The average molecular weight is 507 g/mol. The van der Waals surface area contributed by atoms with Gasteiger partial charge in [0.1, 0.15) is 17.1 Å². The van der Waals surface area contributed by atoms with E-state index >= 15 is 4.39 Å². The lowest BCUT2D eigenvalue weighted by molar-refractivity contribution is 0.0689. The summed E-state index contributed by atoms with van der Waals surface area (Å²) in [6, 6.07) is 11.1. The second-order valence-corrected chi connectivity index (χ2v) is 10.6. The van der Waals surface area contributed by atoms with Gasteiger partial charge in [0, 0.05) is 11.9 Å². The first-order valence-electron chi connectivity index (χ1n) is 12.3. The van der Waals surface area contributed by atoms with Gasteiger partial charge >= 0.3 is 5.97 Å². The molecule has 6 nitrogen and oxygen atoms in total. The van der Waals surface area contributed by atoms with E-state index in [4.69, 9.17) is 4.74 Å². The fourth-order valence-electron chi connectivity index (χ4n) is 5.96. The van der Waals surface area contributed by atoms with E-state index in [-0.39, 0.29) is 17.0 Å². The molecule has 0 saturated carbocycles. The highest BCUT2D eigenvalue weighted by Crippen LogP contribution is 2.42. The number of aromatic carboxylic acids is 1. The van der Waals surface area contributed by atoms with Crippen LogP contribution < -0.4 is 15.1 Å². The normalized spacial score (nSPS) is 19.1. The predicted molar refractivity (Wildman–Crippen MR) is 139 cm³/mol. The Balaban J connectivity index is 1.47. The fourth-order valence-corrected chi connectivity index (χ4v) is 6.91. The standard InChI is InChI=1S/C28H27FN2O4S/c1-35-18-8-6-16(7-9-18)12-22-19-5-3-2-4-17(19)10-11-30(22)24-14-23-20(13-21(24)29)26(32)25(28(33)34)27-31(23)15-36-27/h6-9,13-14,22H,2-5,10-12,15H2,1H3,(H,33,34). The Morgan fingerprint density at radius 2 is 1.94 bits per heavy atom. The number of halogens is 1. The molecule has 3 heterocycles. The van der Waals surface area contributed by atoms with Gasteiger partial charge in [0.05, 0.1) is 35.3 Å². The number of aromatic nitrogens is 1. The molecule has 0 bridgehead atoms. The summed E-state index contributed by atoms with van der Waals surface area (Å²) in [4.78, 5) is 26.8. The van der Waals surface area contributed by atoms with Crippen LogP contribution in [0.25, 0.3) is 10.9 Å². The lowest BCUT2D eigenvalue weighted by atomic mass is 9.80. The van der Waals surface area contributed by atoms with Crippen LogP contribution in [0, 0.1) is 5.82 Å². The van der Waals surface area contributed by atoms with Crippen molar-refractivity contribution < 1.29 is 19.0 Å². The molecule has 1 N–H and O–H groups in total. The molecule has 2 aromatic carbocycles. The van der Waals surface area contributed by atoms with Gasteiger partial charge in [0.25, 0.3) is 0 Å². The van der Waals surface area contributed by atoms with E-state index in [2.05, 4.69) is 17.0 Å². The SMILES string of the molecule is COc1ccc(CC2C3=C(CCCC3)CCN2c2cc3c(cc2F)c(=O)c(C(=O)O)c2n3CS2)cc1. The minimum atomic E-state index is -1.27. The number of fused-ring (bicyclic) bond motifs is 3. The van der Waals surface area contributed by atoms with E-state index in [9.17, 15) is 14.7 Å². The third kappa shape index (κ3) is 3.70. The second-order valence-electron chi connectivity index (χ2n) is 9.68. The number of rotatable bonds is 5. The quantitative estimate of drug-likeness (QED) is 0.454. The van der Waals surface area contributed by atoms with Crippen LogP contribution in [-0.2, 0) is 12.3 Å². The maximum absolute atomic E-state index is 15.7. The van der Waals surface area contributed by atoms with Crippen molar-refractivity contribution in [2.75, 3.05) is 18.6 Å². The largest absolute Gasteiger partial charge is 0.497 e. The third-order valence-corrected chi connectivity index (χ3v) is 8.88. The summed E-state index contributed by atoms with van der Waals surface area (Å²) in [5.74, 6) is -0.404. The number of pyridine rings is 1. The van der Waals surface area contributed by atoms with Gasteiger partial charge in [0.15, 0.2) is 0 Å². The van der Waals surface area contributed by atoms with Gasteiger partial charge in [-0.2, -0.15) is 0 Å². The number of benzene rings is 2. The number of carboxylic acids is 1. The van der Waals surface area contributed by atoms with Crippen LogP contribution in [-0.4, -0.2) is 35.3 Å². The van der Waals surface area contributed by atoms with Crippen LogP contribution in [0.5, 0.6) is 5.75 Å². The van der Waals surface area contributed by atoms with Crippen molar-refractivity contribution in [1.29, 1.82) is 0 Å². The molecule has 1 aliphatic carbocycles. The molecule has 0 radical (unpaired) electrons. The molecule has 1 aromatic heterocycles. The highest BCUT2D eigenvalue weighted by Gasteiger charge is 2.34. The van der Waals surface area contributed by atoms with Gasteiger partial charge in [-0.05, 0) is 73.9 Å². The number of carbonyl (C=O) groups is 1. The molecule has 0 amide bonds. The number of methoxy groups -OCH3 is 1. The van der Waals surface area contributed by atoms with Crippen molar-refractivity contribution in [3.05, 3.63) is 74.7 Å². The molecule has 1 atom stereocenters. The average Bonchev–Trinajstić information content (AvgIpc) is 2.87. The van der Waals surface area contributed by atoms with Crippen LogP contribution in [0.3, 0.4) is 0 Å². The van der Waals surface area contributed by atoms with Crippen molar-refractivity contribution in [2.24, 2.45) is 0 Å². The van der Waals surface area contributed by atoms with Crippen molar-refractivity contribution in [1.82, 2.24) is 4.57 Å². The van der Waals surface area contributed by atoms with Gasteiger partial charge in [0.2, 0.25) is 5.43 Å². The highest BCUT2D eigenvalue weighted by molar-refractivity contribution is 7.99. The molecule has 186 valence electrons. The zero-order valence-corrected chi connectivity index (χ0v) is 20.9. The minimum Gasteiger partial charge on any atom is -0.497 e. The maximum Gasteiger partial charge on any atom is 0.342 e. The zero-order valence-electron chi connectivity index (χ0n) is 20.1. The summed E-state index contributed by atoms with van der Waals surface area (Å²) in [6.07, 6.45) is 6.15. The number of ether oxygens (including phenoxy) is 1. The van der Waals surface area contributed by atoms with Crippen LogP contribution in [0.2, 0.25) is 0 Å². The van der Waals surface area contributed by atoms with Gasteiger partial charge < -0.3 is 19.3 Å². The first-order chi connectivity index (χ1) is 17.5. The van der Waals surface area contributed by atoms with E-state index < -0.39 is 17.2 Å². The maximum atomic E-state index is 15.7. The summed E-state index contributed by atoms with van der Waals surface area (Å²) >= 11 is 1.34. The first kappa shape index (κ1) is 23.2. The van der Waals surface area contributed by atoms with Crippen molar-refractivity contribution in [2.45, 2.75) is 55.5 Å². The summed E-state index contributed by atoms with van der Waals surface area (Å²) in [7, 11) is 1.65. The topological polar surface area (TPSA) is 71.8 Å². The van der Waals surface area contributed by atoms with Crippen molar-refractivity contribution in [3.63, 3.8) is 0 Å². The molecular weight excluding hydrogens is 479 g/mol. The molecule has 6 rings (SSSR count). The molecule has 0 saturated heterocycles. The monoisotopic (exact) mass is 506 g/mol.